The van der Waals surface area contributed by atoms with Crippen molar-refractivity contribution in [1.82, 2.24) is 0 Å². The minimum atomic E-state index is -2.54. The molecule has 3 nitrogen and oxygen atoms in total. The second kappa shape index (κ2) is 6.44. The maximum absolute atomic E-state index is 12.1. The zero-order valence-electron chi connectivity index (χ0n) is 9.37. The molecule has 0 aliphatic heterocycles. The number of nitrogens with one attached hydrogen (secondary N) is 1. The number of nitrogens with two attached hydrogens (primary N) is 1. The topological polar surface area (TPSA) is 59.1 Å². The average Bonchev–Trinajstić information content (AvgIpc) is 2.26. The van der Waals surface area contributed by atoms with E-state index in [1.165, 1.54) is 11.8 Å². The highest BCUT2D eigenvalue weighted by Gasteiger charge is 2.14. The highest BCUT2D eigenvalue weighted by molar-refractivity contribution is 7.99. The van der Waals surface area contributed by atoms with Crippen LogP contribution in [0, 0.1) is 5.41 Å². The molecule has 0 unspecified atom stereocenters. The van der Waals surface area contributed by atoms with Gasteiger partial charge in [-0.15, -0.1) is 11.8 Å². The van der Waals surface area contributed by atoms with Gasteiger partial charge in [-0.25, -0.2) is 8.78 Å². The smallest absolute Gasteiger partial charge is 0.272 e. The molecule has 0 aliphatic rings. The van der Waals surface area contributed by atoms with Crippen LogP contribution in [0.2, 0.25) is 0 Å². The molecule has 0 saturated carbocycles. The van der Waals surface area contributed by atoms with Gasteiger partial charge in [0.2, 0.25) is 0 Å². The number of hydrogen-bond donors (Lipinski definition) is 2. The molecule has 0 fully saturated rings. The van der Waals surface area contributed by atoms with Crippen molar-refractivity contribution in [2.75, 3.05) is 12.4 Å². The highest BCUT2D eigenvalue weighted by Crippen LogP contribution is 2.29. The lowest BCUT2D eigenvalue weighted by Gasteiger charge is -2.13. The average molecular weight is 260 g/mol. The Bertz CT molecular complexity index is 399. The van der Waals surface area contributed by atoms with E-state index in [1.807, 2.05) is 6.92 Å². The Morgan fingerprint density at radius 3 is 2.76 bits per heavy atom. The Labute approximate surface area is 103 Å². The first kappa shape index (κ1) is 13.8. The largest absolute Gasteiger partial charge is 0.487 e. The Balaban J connectivity index is 3.02. The van der Waals surface area contributed by atoms with E-state index < -0.39 is 13.0 Å². The van der Waals surface area contributed by atoms with Crippen LogP contribution in [0.5, 0.6) is 5.75 Å². The summed E-state index contributed by atoms with van der Waals surface area (Å²) in [5, 5.41) is 7.48. The first-order valence-corrected chi connectivity index (χ1v) is 6.06. The Morgan fingerprint density at radius 2 is 2.24 bits per heavy atom. The molecule has 1 aromatic carbocycles. The van der Waals surface area contributed by atoms with Gasteiger partial charge in [-0.1, -0.05) is 13.0 Å². The van der Waals surface area contributed by atoms with Crippen LogP contribution in [0.25, 0.3) is 0 Å². The lowest BCUT2D eigenvalue weighted by molar-refractivity contribution is 0.0817. The van der Waals surface area contributed by atoms with E-state index >= 15 is 0 Å². The summed E-state index contributed by atoms with van der Waals surface area (Å²) < 4.78 is 29.1. The minimum absolute atomic E-state index is 0.175. The third-order valence-corrected chi connectivity index (χ3v) is 2.86. The summed E-state index contributed by atoms with van der Waals surface area (Å²) in [5.41, 5.74) is 5.84. The minimum Gasteiger partial charge on any atom is -0.487 e. The normalized spacial score (nSPS) is 10.6. The molecular formula is C11H14F2N2OS. The van der Waals surface area contributed by atoms with Crippen LogP contribution in [-0.4, -0.2) is 24.6 Å². The second-order valence-corrected chi connectivity index (χ2v) is 4.48. The molecule has 0 heterocycles. The van der Waals surface area contributed by atoms with Crippen molar-refractivity contribution in [3.8, 4) is 5.75 Å². The van der Waals surface area contributed by atoms with Crippen LogP contribution in [0.15, 0.2) is 23.1 Å². The molecule has 94 valence electrons. The number of nitrogen functional groups attached to an aromatic ring is 1. The van der Waals surface area contributed by atoms with E-state index in [-0.39, 0.29) is 11.6 Å². The lowest BCUT2D eigenvalue weighted by atomic mass is 10.2. The highest BCUT2D eigenvalue weighted by atomic mass is 32.2. The summed E-state index contributed by atoms with van der Waals surface area (Å²) in [6.07, 6.45) is -2.54. The predicted octanol–water partition coefficient (Wildman–Crippen LogP) is 2.73. The maximum Gasteiger partial charge on any atom is 0.272 e. The molecule has 17 heavy (non-hydrogen) atoms. The third kappa shape index (κ3) is 3.89. The molecule has 0 bridgehead atoms. The number of thioether (sulfide) groups is 1. The van der Waals surface area contributed by atoms with E-state index in [0.717, 1.165) is 10.6 Å². The third-order valence-electron chi connectivity index (χ3n) is 1.92. The van der Waals surface area contributed by atoms with Crippen molar-refractivity contribution in [3.05, 3.63) is 23.8 Å². The Morgan fingerprint density at radius 1 is 1.53 bits per heavy atom. The summed E-state index contributed by atoms with van der Waals surface area (Å²) in [4.78, 5) is 0.770. The maximum atomic E-state index is 12.1. The van der Waals surface area contributed by atoms with Crippen LogP contribution >= 0.6 is 11.8 Å². The molecular weight excluding hydrogens is 246 g/mol. The van der Waals surface area contributed by atoms with Crippen LogP contribution in [0.1, 0.15) is 12.5 Å². The van der Waals surface area contributed by atoms with Gasteiger partial charge < -0.3 is 10.5 Å². The molecule has 6 heteroatoms. The van der Waals surface area contributed by atoms with E-state index in [0.29, 0.717) is 5.56 Å². The molecule has 0 atom stereocenters. The first-order chi connectivity index (χ1) is 8.06. The molecule has 0 aliphatic carbocycles. The molecule has 0 aromatic heterocycles. The second-order valence-electron chi connectivity index (χ2n) is 3.18. The summed E-state index contributed by atoms with van der Waals surface area (Å²) in [6, 6.07) is 5.03. The van der Waals surface area contributed by atoms with E-state index in [9.17, 15) is 8.78 Å². The standard InChI is InChI=1S/C11H14F2N2OS/c1-2-17-8-5-3-4-7(10(8)11(14)15)16-6-9(12)13/h3-5,9H,2,6H2,1H3,(H3,14,15). The summed E-state index contributed by atoms with van der Waals surface area (Å²) in [5.74, 6) is 0.862. The SMILES string of the molecule is CCSc1cccc(OCC(F)F)c1C(=N)N. The van der Waals surface area contributed by atoms with Crippen molar-refractivity contribution in [2.24, 2.45) is 5.73 Å². The summed E-state index contributed by atoms with van der Waals surface area (Å²) >= 11 is 1.49. The van der Waals surface area contributed by atoms with Crippen molar-refractivity contribution in [3.63, 3.8) is 0 Å². The van der Waals surface area contributed by atoms with Crippen molar-refractivity contribution < 1.29 is 13.5 Å². The van der Waals surface area contributed by atoms with Gasteiger partial charge >= 0.3 is 0 Å². The fourth-order valence-electron chi connectivity index (χ4n) is 1.33. The Kier molecular flexibility index (Phi) is 5.21. The van der Waals surface area contributed by atoms with Gasteiger partial charge in [-0.05, 0) is 17.9 Å². The van der Waals surface area contributed by atoms with Gasteiger partial charge in [0.1, 0.15) is 18.2 Å². The van der Waals surface area contributed by atoms with Gasteiger partial charge in [0.25, 0.3) is 6.43 Å². The molecule has 0 amide bonds. The van der Waals surface area contributed by atoms with E-state index in [4.69, 9.17) is 15.9 Å². The van der Waals surface area contributed by atoms with Gasteiger partial charge in [0, 0.05) is 4.90 Å². The molecule has 3 N–H and O–H groups in total. The lowest BCUT2D eigenvalue weighted by Crippen LogP contribution is -2.16. The number of ether oxygens (including phenoxy) is 1. The van der Waals surface area contributed by atoms with Crippen molar-refractivity contribution in [2.45, 2.75) is 18.2 Å². The van der Waals surface area contributed by atoms with Gasteiger partial charge in [-0.2, -0.15) is 0 Å². The van der Waals surface area contributed by atoms with Crippen LogP contribution in [0.3, 0.4) is 0 Å². The van der Waals surface area contributed by atoms with Crippen molar-refractivity contribution in [1.29, 1.82) is 5.41 Å². The molecule has 1 aromatic rings. The van der Waals surface area contributed by atoms with Gasteiger partial charge in [-0.3, -0.25) is 5.41 Å². The summed E-state index contributed by atoms with van der Waals surface area (Å²) in [6.45, 7) is 1.27. The molecule has 1 rings (SSSR count). The zero-order valence-corrected chi connectivity index (χ0v) is 10.2. The quantitative estimate of drug-likeness (QED) is 0.469. The number of hydrogen-bond acceptors (Lipinski definition) is 3. The monoisotopic (exact) mass is 260 g/mol. The number of amidine groups is 1. The summed E-state index contributed by atoms with van der Waals surface area (Å²) in [7, 11) is 0. The van der Waals surface area contributed by atoms with Crippen LogP contribution in [-0.2, 0) is 0 Å². The zero-order chi connectivity index (χ0) is 12.8. The van der Waals surface area contributed by atoms with Gasteiger partial charge in [0.15, 0.2) is 0 Å². The van der Waals surface area contributed by atoms with Crippen LogP contribution < -0.4 is 10.5 Å². The Hall–Kier alpha value is -1.30. The number of halogens is 2. The number of rotatable bonds is 6. The van der Waals surface area contributed by atoms with Crippen molar-refractivity contribution >= 4 is 17.6 Å². The molecule has 0 saturated heterocycles. The van der Waals surface area contributed by atoms with E-state index in [2.05, 4.69) is 0 Å². The fourth-order valence-corrected chi connectivity index (χ4v) is 2.17. The number of alkyl halides is 2. The number of benzene rings is 1. The van der Waals surface area contributed by atoms with E-state index in [1.54, 1.807) is 18.2 Å². The molecule has 0 spiro atoms. The van der Waals surface area contributed by atoms with Crippen LogP contribution in [0.4, 0.5) is 8.78 Å². The fraction of sp³-hybridized carbons (Fsp3) is 0.364. The predicted molar refractivity (Wildman–Crippen MR) is 65.4 cm³/mol. The van der Waals surface area contributed by atoms with Gasteiger partial charge in [0.05, 0.1) is 5.56 Å². The molecule has 0 radical (unpaired) electrons. The first-order valence-electron chi connectivity index (χ1n) is 5.07.